The molecule has 0 aromatic rings. The van der Waals surface area contributed by atoms with E-state index < -0.39 is 6.16 Å². The molecule has 4 nitrogen and oxygen atoms in total. The van der Waals surface area contributed by atoms with E-state index in [4.69, 9.17) is 5.11 Å². The van der Waals surface area contributed by atoms with Gasteiger partial charge in [0.1, 0.15) is 0 Å². The van der Waals surface area contributed by atoms with Crippen LogP contribution in [-0.4, -0.2) is 23.5 Å². The van der Waals surface area contributed by atoms with E-state index in [2.05, 4.69) is 22.2 Å². The highest BCUT2D eigenvalue weighted by Crippen LogP contribution is 2.29. The highest BCUT2D eigenvalue weighted by Gasteiger charge is 2.34. The zero-order chi connectivity index (χ0) is 9.26. The van der Waals surface area contributed by atoms with Gasteiger partial charge < -0.3 is 9.84 Å². The zero-order valence-corrected chi connectivity index (χ0v) is 7.27. The minimum absolute atomic E-state index is 0.310. The normalized spacial score (nSPS) is 37.1. The first kappa shape index (κ1) is 8.56. The average Bonchev–Trinajstić information content (AvgIpc) is 2.44. The quantitative estimate of drug-likeness (QED) is 0.475. The Kier molecular flexibility index (Phi) is 2.22. The molecule has 72 valence electrons. The first-order valence-corrected chi connectivity index (χ1v) is 4.58. The van der Waals surface area contributed by atoms with Crippen LogP contribution in [0.25, 0.3) is 0 Å². The number of allylic oxidation sites excluding steroid dienone is 1. The summed E-state index contributed by atoms with van der Waals surface area (Å²) in [6.07, 6.45) is 5.78. The fourth-order valence-electron chi connectivity index (χ4n) is 2.11. The van der Waals surface area contributed by atoms with Gasteiger partial charge in [0.05, 0.1) is 0 Å². The van der Waals surface area contributed by atoms with Gasteiger partial charge in [-0.05, 0) is 18.8 Å². The van der Waals surface area contributed by atoms with Crippen LogP contribution in [0.15, 0.2) is 12.2 Å². The summed E-state index contributed by atoms with van der Waals surface area (Å²) in [5, 5.41) is 11.6. The fraction of sp³-hybridized carbons (Fsp3) is 0.667. The molecule has 0 spiro atoms. The van der Waals surface area contributed by atoms with E-state index in [-0.39, 0.29) is 6.23 Å². The first-order chi connectivity index (χ1) is 6.25. The Morgan fingerprint density at radius 1 is 1.62 bits per heavy atom. The summed E-state index contributed by atoms with van der Waals surface area (Å²) in [5.41, 5.74) is 0. The molecule has 3 atom stereocenters. The topological polar surface area (TPSA) is 58.6 Å². The molecular formula is C9H13NO3. The molecule has 4 heteroatoms. The third-order valence-corrected chi connectivity index (χ3v) is 2.69. The molecule has 2 N–H and O–H groups in total. The molecule has 0 saturated carbocycles. The van der Waals surface area contributed by atoms with Gasteiger partial charge in [0.25, 0.3) is 0 Å². The van der Waals surface area contributed by atoms with Gasteiger partial charge in [0.2, 0.25) is 0 Å². The maximum Gasteiger partial charge on any atom is 0.507 e. The highest BCUT2D eigenvalue weighted by molar-refractivity contribution is 5.57. The molecular weight excluding hydrogens is 170 g/mol. The van der Waals surface area contributed by atoms with Crippen molar-refractivity contribution in [2.75, 3.05) is 0 Å². The summed E-state index contributed by atoms with van der Waals surface area (Å²) in [5.74, 6) is 0.550. The van der Waals surface area contributed by atoms with Crippen molar-refractivity contribution >= 4 is 6.16 Å². The van der Waals surface area contributed by atoms with Gasteiger partial charge in [-0.15, -0.1) is 0 Å². The first-order valence-electron chi connectivity index (χ1n) is 4.58. The van der Waals surface area contributed by atoms with Crippen molar-refractivity contribution in [3.05, 3.63) is 12.2 Å². The second-order valence-corrected chi connectivity index (χ2v) is 3.57. The minimum Gasteiger partial charge on any atom is -0.450 e. The van der Waals surface area contributed by atoms with E-state index in [0.29, 0.717) is 12.0 Å². The predicted molar refractivity (Wildman–Crippen MR) is 46.3 cm³/mol. The van der Waals surface area contributed by atoms with Crippen molar-refractivity contribution in [2.45, 2.75) is 31.5 Å². The van der Waals surface area contributed by atoms with Crippen LogP contribution in [0.4, 0.5) is 4.79 Å². The Morgan fingerprint density at radius 2 is 2.46 bits per heavy atom. The average molecular weight is 183 g/mol. The van der Waals surface area contributed by atoms with E-state index in [9.17, 15) is 4.79 Å². The lowest BCUT2D eigenvalue weighted by atomic mass is 9.90. The molecule has 0 aromatic heterocycles. The van der Waals surface area contributed by atoms with Crippen LogP contribution < -0.4 is 5.32 Å². The van der Waals surface area contributed by atoms with Crippen LogP contribution in [0.1, 0.15) is 19.3 Å². The molecule has 1 heterocycles. The van der Waals surface area contributed by atoms with Crippen molar-refractivity contribution in [2.24, 2.45) is 5.92 Å². The van der Waals surface area contributed by atoms with Gasteiger partial charge in [-0.2, -0.15) is 0 Å². The minimum atomic E-state index is -1.19. The van der Waals surface area contributed by atoms with Gasteiger partial charge in [-0.25, -0.2) is 4.79 Å². The van der Waals surface area contributed by atoms with Crippen LogP contribution in [0.2, 0.25) is 0 Å². The maximum absolute atomic E-state index is 10.3. The van der Waals surface area contributed by atoms with E-state index in [1.165, 1.54) is 0 Å². The third kappa shape index (κ3) is 1.83. The SMILES string of the molecule is O=C(O)O[C@@H]1C[C@H]2CCC=C[C@H]2N1. The summed E-state index contributed by atoms with van der Waals surface area (Å²) in [7, 11) is 0. The Morgan fingerprint density at radius 3 is 3.15 bits per heavy atom. The summed E-state index contributed by atoms with van der Waals surface area (Å²) in [6, 6.07) is 0.318. The Hall–Kier alpha value is -1.03. The lowest BCUT2D eigenvalue weighted by molar-refractivity contribution is 0.0435. The molecule has 2 aliphatic rings. The predicted octanol–water partition coefficient (Wildman–Crippen LogP) is 1.34. The molecule has 1 fully saturated rings. The van der Waals surface area contributed by atoms with Gasteiger partial charge in [-0.3, -0.25) is 5.32 Å². The van der Waals surface area contributed by atoms with Crippen molar-refractivity contribution < 1.29 is 14.6 Å². The molecule has 0 bridgehead atoms. The number of ether oxygens (including phenoxy) is 1. The molecule has 1 saturated heterocycles. The molecule has 1 aliphatic carbocycles. The maximum atomic E-state index is 10.3. The molecule has 0 amide bonds. The van der Waals surface area contributed by atoms with Crippen LogP contribution in [0.3, 0.4) is 0 Å². The van der Waals surface area contributed by atoms with Gasteiger partial charge in [0, 0.05) is 12.5 Å². The molecule has 1 aliphatic heterocycles. The summed E-state index contributed by atoms with van der Waals surface area (Å²) < 4.78 is 4.67. The van der Waals surface area contributed by atoms with Crippen LogP contribution in [-0.2, 0) is 4.74 Å². The number of rotatable bonds is 1. The second-order valence-electron chi connectivity index (χ2n) is 3.57. The lowest BCUT2D eigenvalue weighted by Gasteiger charge is -2.18. The fourth-order valence-corrected chi connectivity index (χ4v) is 2.11. The number of nitrogens with one attached hydrogen (secondary N) is 1. The Balaban J connectivity index is 1.93. The third-order valence-electron chi connectivity index (χ3n) is 2.69. The van der Waals surface area contributed by atoms with Gasteiger partial charge in [0.15, 0.2) is 6.23 Å². The van der Waals surface area contributed by atoms with Crippen LogP contribution in [0.5, 0.6) is 0 Å². The summed E-state index contributed by atoms with van der Waals surface area (Å²) >= 11 is 0. The van der Waals surface area contributed by atoms with E-state index in [0.717, 1.165) is 19.3 Å². The molecule has 0 radical (unpaired) electrons. The smallest absolute Gasteiger partial charge is 0.450 e. The van der Waals surface area contributed by atoms with Crippen molar-refractivity contribution in [3.63, 3.8) is 0 Å². The molecule has 0 aromatic carbocycles. The number of carboxylic acid groups (broad SMARTS) is 1. The monoisotopic (exact) mass is 183 g/mol. The highest BCUT2D eigenvalue weighted by atomic mass is 16.7. The molecule has 2 rings (SSSR count). The zero-order valence-electron chi connectivity index (χ0n) is 7.27. The second kappa shape index (κ2) is 3.38. The van der Waals surface area contributed by atoms with Crippen molar-refractivity contribution in [1.82, 2.24) is 5.32 Å². The van der Waals surface area contributed by atoms with Crippen molar-refractivity contribution in [3.8, 4) is 0 Å². The lowest BCUT2D eigenvalue weighted by Crippen LogP contribution is -2.33. The summed E-state index contributed by atoms with van der Waals surface area (Å²) in [6.45, 7) is 0. The van der Waals surface area contributed by atoms with Gasteiger partial charge in [-0.1, -0.05) is 12.2 Å². The standard InChI is InChI=1S/C9H13NO3/c11-9(12)13-8-5-6-3-1-2-4-7(6)10-8/h2,4,6-8,10H,1,3,5H2,(H,11,12)/t6-,7-,8-/m1/s1. The van der Waals surface area contributed by atoms with Crippen molar-refractivity contribution in [1.29, 1.82) is 0 Å². The van der Waals surface area contributed by atoms with Crippen LogP contribution in [0, 0.1) is 5.92 Å². The van der Waals surface area contributed by atoms with E-state index in [1.807, 2.05) is 0 Å². The van der Waals surface area contributed by atoms with E-state index >= 15 is 0 Å². The molecule has 0 unspecified atom stereocenters. The largest absolute Gasteiger partial charge is 0.507 e. The summed E-state index contributed by atoms with van der Waals surface area (Å²) in [4.78, 5) is 10.3. The Labute approximate surface area is 76.6 Å². The van der Waals surface area contributed by atoms with Crippen LogP contribution >= 0.6 is 0 Å². The Bertz CT molecular complexity index is 239. The number of hydrogen-bond acceptors (Lipinski definition) is 3. The molecule has 13 heavy (non-hydrogen) atoms. The number of fused-ring (bicyclic) bond motifs is 1. The van der Waals surface area contributed by atoms with Gasteiger partial charge >= 0.3 is 6.16 Å². The number of hydrogen-bond donors (Lipinski definition) is 2. The number of carbonyl (C=O) groups is 1. The van der Waals surface area contributed by atoms with E-state index in [1.54, 1.807) is 0 Å².